The molecule has 3 heteroatoms. The van der Waals surface area contributed by atoms with Crippen LogP contribution in [0.3, 0.4) is 0 Å². The molecule has 20 heavy (non-hydrogen) atoms. The van der Waals surface area contributed by atoms with Gasteiger partial charge in [0.15, 0.2) is 0 Å². The van der Waals surface area contributed by atoms with Gasteiger partial charge in [-0.2, -0.15) is 0 Å². The van der Waals surface area contributed by atoms with E-state index in [4.69, 9.17) is 16.0 Å². The van der Waals surface area contributed by atoms with E-state index < -0.39 is 0 Å². The first-order chi connectivity index (χ1) is 9.67. The molecule has 0 bridgehead atoms. The molecular weight excluding hydrogens is 270 g/mol. The molecule has 2 aromatic rings. The molecule has 0 amide bonds. The van der Waals surface area contributed by atoms with E-state index in [9.17, 15) is 0 Å². The molecule has 0 aliphatic heterocycles. The molecule has 1 unspecified atom stereocenters. The maximum atomic E-state index is 6.05. The summed E-state index contributed by atoms with van der Waals surface area (Å²) >= 11 is 6.05. The lowest BCUT2D eigenvalue weighted by Gasteiger charge is -2.31. The summed E-state index contributed by atoms with van der Waals surface area (Å²) in [5, 5.41) is 5.31. The molecule has 0 spiro atoms. The number of furan rings is 1. The predicted octanol–water partition coefficient (Wildman–Crippen LogP) is 5.17. The van der Waals surface area contributed by atoms with E-state index in [1.54, 1.807) is 0 Å². The van der Waals surface area contributed by atoms with Crippen LogP contribution >= 0.6 is 11.6 Å². The Labute approximate surface area is 125 Å². The zero-order chi connectivity index (χ0) is 14.1. The minimum Gasteiger partial charge on any atom is -0.459 e. The largest absolute Gasteiger partial charge is 0.459 e. The van der Waals surface area contributed by atoms with Crippen molar-refractivity contribution < 1.29 is 4.42 Å². The van der Waals surface area contributed by atoms with E-state index in [0.717, 1.165) is 27.7 Å². The maximum absolute atomic E-state index is 6.05. The van der Waals surface area contributed by atoms with Gasteiger partial charge in [0, 0.05) is 10.4 Å². The van der Waals surface area contributed by atoms with Crippen molar-refractivity contribution in [2.24, 2.45) is 11.8 Å². The summed E-state index contributed by atoms with van der Waals surface area (Å²) in [6.45, 7) is 2.35. The van der Waals surface area contributed by atoms with E-state index in [-0.39, 0.29) is 0 Å². The average molecular weight is 292 g/mol. The molecule has 1 aliphatic carbocycles. The smallest absolute Gasteiger partial charge is 0.134 e. The number of nitrogens with one attached hydrogen (secondary N) is 1. The monoisotopic (exact) mass is 291 g/mol. The molecule has 1 heterocycles. The second kappa shape index (κ2) is 5.79. The average Bonchev–Trinajstić information content (AvgIpc) is 2.84. The third kappa shape index (κ3) is 2.72. The SMILES string of the molecule is CNC(c1cc2cc(Cl)ccc2o1)C1CCC(C)CC1. The standard InChI is InChI=1S/C17H22ClNO/c1-11-3-5-12(6-4-11)17(19-2)16-10-13-9-14(18)7-8-15(13)20-16/h7-12,17,19H,3-6H2,1-2H3. The third-order valence-corrected chi connectivity index (χ3v) is 4.88. The Morgan fingerprint density at radius 1 is 1.20 bits per heavy atom. The van der Waals surface area contributed by atoms with Gasteiger partial charge < -0.3 is 9.73 Å². The van der Waals surface area contributed by atoms with Crippen LogP contribution in [0.15, 0.2) is 28.7 Å². The summed E-state index contributed by atoms with van der Waals surface area (Å²) in [6, 6.07) is 8.26. The molecule has 1 fully saturated rings. The lowest BCUT2D eigenvalue weighted by atomic mass is 9.78. The molecule has 1 aromatic heterocycles. The minimum atomic E-state index is 0.314. The summed E-state index contributed by atoms with van der Waals surface area (Å²) in [6.07, 6.45) is 5.22. The molecule has 1 aromatic carbocycles. The Balaban J connectivity index is 1.87. The number of rotatable bonds is 3. The van der Waals surface area contributed by atoms with E-state index in [0.29, 0.717) is 12.0 Å². The second-order valence-electron chi connectivity index (χ2n) is 6.12. The third-order valence-electron chi connectivity index (χ3n) is 4.65. The molecule has 108 valence electrons. The Hall–Kier alpha value is -0.990. The molecule has 1 aliphatic rings. The van der Waals surface area contributed by atoms with Crippen molar-refractivity contribution in [3.8, 4) is 0 Å². The van der Waals surface area contributed by atoms with E-state index in [1.807, 2.05) is 25.2 Å². The fraction of sp³-hybridized carbons (Fsp3) is 0.529. The van der Waals surface area contributed by atoms with Gasteiger partial charge in [-0.25, -0.2) is 0 Å². The van der Waals surface area contributed by atoms with Crippen LogP contribution in [0.25, 0.3) is 11.0 Å². The molecular formula is C17H22ClNO. The zero-order valence-electron chi connectivity index (χ0n) is 12.2. The molecule has 0 saturated heterocycles. The van der Waals surface area contributed by atoms with Crippen LogP contribution in [0.5, 0.6) is 0 Å². The summed E-state index contributed by atoms with van der Waals surface area (Å²) in [7, 11) is 2.03. The lowest BCUT2D eigenvalue weighted by molar-refractivity contribution is 0.221. The van der Waals surface area contributed by atoms with Gasteiger partial charge >= 0.3 is 0 Å². The molecule has 3 rings (SSSR count). The number of halogens is 1. The highest BCUT2D eigenvalue weighted by molar-refractivity contribution is 6.31. The first-order valence-corrected chi connectivity index (χ1v) is 7.91. The van der Waals surface area contributed by atoms with Crippen molar-refractivity contribution in [2.75, 3.05) is 7.05 Å². The summed E-state index contributed by atoms with van der Waals surface area (Å²) in [5.74, 6) is 2.59. The first kappa shape index (κ1) is 14.0. The minimum absolute atomic E-state index is 0.314. The predicted molar refractivity (Wildman–Crippen MR) is 84.1 cm³/mol. The van der Waals surface area contributed by atoms with Gasteiger partial charge in [-0.3, -0.25) is 0 Å². The normalized spacial score (nSPS) is 24.9. The van der Waals surface area contributed by atoms with Crippen LogP contribution in [0.4, 0.5) is 0 Å². The van der Waals surface area contributed by atoms with Crippen LogP contribution in [-0.2, 0) is 0 Å². The fourth-order valence-electron chi connectivity index (χ4n) is 3.42. The maximum Gasteiger partial charge on any atom is 0.134 e. The van der Waals surface area contributed by atoms with Crippen molar-refractivity contribution in [3.63, 3.8) is 0 Å². The molecule has 1 saturated carbocycles. The number of hydrogen-bond donors (Lipinski definition) is 1. The van der Waals surface area contributed by atoms with Gasteiger partial charge in [0.2, 0.25) is 0 Å². The molecule has 1 atom stereocenters. The lowest BCUT2D eigenvalue weighted by Crippen LogP contribution is -2.28. The number of benzene rings is 1. The zero-order valence-corrected chi connectivity index (χ0v) is 12.9. The quantitative estimate of drug-likeness (QED) is 0.843. The van der Waals surface area contributed by atoms with Crippen molar-refractivity contribution in [1.29, 1.82) is 0 Å². The van der Waals surface area contributed by atoms with Crippen molar-refractivity contribution >= 4 is 22.6 Å². The van der Waals surface area contributed by atoms with Gasteiger partial charge in [-0.05, 0) is 56.0 Å². The van der Waals surface area contributed by atoms with Gasteiger partial charge in [-0.1, -0.05) is 31.4 Å². The summed E-state index contributed by atoms with van der Waals surface area (Å²) in [5.41, 5.74) is 0.925. The number of fused-ring (bicyclic) bond motifs is 1. The van der Waals surface area contributed by atoms with Gasteiger partial charge in [0.25, 0.3) is 0 Å². The fourth-order valence-corrected chi connectivity index (χ4v) is 3.60. The Kier molecular flexibility index (Phi) is 4.04. The van der Waals surface area contributed by atoms with Crippen LogP contribution in [0.1, 0.15) is 44.4 Å². The van der Waals surface area contributed by atoms with Crippen LogP contribution in [-0.4, -0.2) is 7.05 Å². The van der Waals surface area contributed by atoms with Crippen LogP contribution in [0.2, 0.25) is 5.02 Å². The summed E-state index contributed by atoms with van der Waals surface area (Å²) in [4.78, 5) is 0. The molecule has 2 nitrogen and oxygen atoms in total. The van der Waals surface area contributed by atoms with Crippen LogP contribution in [0, 0.1) is 11.8 Å². The topological polar surface area (TPSA) is 25.2 Å². The van der Waals surface area contributed by atoms with E-state index in [1.165, 1.54) is 25.7 Å². The van der Waals surface area contributed by atoms with Crippen LogP contribution < -0.4 is 5.32 Å². The van der Waals surface area contributed by atoms with Gasteiger partial charge in [-0.15, -0.1) is 0 Å². The summed E-state index contributed by atoms with van der Waals surface area (Å²) < 4.78 is 6.03. The van der Waals surface area contributed by atoms with Crippen molar-refractivity contribution in [1.82, 2.24) is 5.32 Å². The van der Waals surface area contributed by atoms with E-state index in [2.05, 4.69) is 18.3 Å². The second-order valence-corrected chi connectivity index (χ2v) is 6.55. The Morgan fingerprint density at radius 3 is 2.65 bits per heavy atom. The number of hydrogen-bond acceptors (Lipinski definition) is 2. The molecule has 0 radical (unpaired) electrons. The molecule has 1 N–H and O–H groups in total. The highest BCUT2D eigenvalue weighted by Gasteiger charge is 2.28. The first-order valence-electron chi connectivity index (χ1n) is 7.53. The Bertz CT molecular complexity index is 584. The van der Waals surface area contributed by atoms with E-state index >= 15 is 0 Å². The Morgan fingerprint density at radius 2 is 1.95 bits per heavy atom. The van der Waals surface area contributed by atoms with Gasteiger partial charge in [0.05, 0.1) is 6.04 Å². The van der Waals surface area contributed by atoms with Crippen molar-refractivity contribution in [3.05, 3.63) is 35.0 Å². The van der Waals surface area contributed by atoms with Crippen molar-refractivity contribution in [2.45, 2.75) is 38.6 Å². The highest BCUT2D eigenvalue weighted by atomic mass is 35.5. The van der Waals surface area contributed by atoms with Gasteiger partial charge in [0.1, 0.15) is 11.3 Å². The highest BCUT2D eigenvalue weighted by Crippen LogP contribution is 2.38.